The summed E-state index contributed by atoms with van der Waals surface area (Å²) in [6, 6.07) is 1.78. The van der Waals surface area contributed by atoms with Gasteiger partial charge in [-0.2, -0.15) is 5.10 Å². The molecule has 2 rings (SSSR count). The van der Waals surface area contributed by atoms with Gasteiger partial charge < -0.3 is 5.32 Å². The van der Waals surface area contributed by atoms with Gasteiger partial charge in [0.25, 0.3) is 5.91 Å². The minimum atomic E-state index is -0.205. The van der Waals surface area contributed by atoms with Crippen LogP contribution in [0.5, 0.6) is 0 Å². The van der Waals surface area contributed by atoms with Crippen molar-refractivity contribution in [3.05, 3.63) is 40.4 Å². The molecule has 0 radical (unpaired) electrons. The minimum Gasteiger partial charge on any atom is -0.320 e. The smallest absolute Gasteiger partial charge is 0.259 e. The fourth-order valence-electron chi connectivity index (χ4n) is 1.65. The maximum absolute atomic E-state index is 12.0. The van der Waals surface area contributed by atoms with Gasteiger partial charge in [0, 0.05) is 13.2 Å². The van der Waals surface area contributed by atoms with Crippen LogP contribution in [0.3, 0.4) is 0 Å². The molecule has 2 heterocycles. The van der Waals surface area contributed by atoms with Crippen LogP contribution in [0.25, 0.3) is 0 Å². The molecule has 6 heteroatoms. The summed E-state index contributed by atoms with van der Waals surface area (Å²) >= 11 is 5.83. The minimum absolute atomic E-state index is 0.205. The van der Waals surface area contributed by atoms with Crippen LogP contribution in [0.4, 0.5) is 5.69 Å². The summed E-state index contributed by atoms with van der Waals surface area (Å²) in [7, 11) is 1.78. The predicted molar refractivity (Wildman–Crippen MR) is 69.9 cm³/mol. The van der Waals surface area contributed by atoms with E-state index in [0.717, 1.165) is 5.56 Å². The first-order chi connectivity index (χ1) is 8.47. The molecule has 0 bridgehead atoms. The topological polar surface area (TPSA) is 59.8 Å². The molecule has 2 aromatic heterocycles. The van der Waals surface area contributed by atoms with Gasteiger partial charge in [-0.05, 0) is 25.5 Å². The van der Waals surface area contributed by atoms with Crippen LogP contribution < -0.4 is 5.32 Å². The Kier molecular flexibility index (Phi) is 3.34. The molecule has 1 N–H and O–H groups in total. The molecular formula is C12H13ClN4O. The quantitative estimate of drug-likeness (QED) is 0.847. The van der Waals surface area contributed by atoms with E-state index in [1.165, 1.54) is 6.20 Å². The van der Waals surface area contributed by atoms with Gasteiger partial charge in [-0.15, -0.1) is 0 Å². The van der Waals surface area contributed by atoms with Crippen LogP contribution in [0.15, 0.2) is 18.5 Å². The normalized spacial score (nSPS) is 10.4. The Bertz CT molecular complexity index is 606. The summed E-state index contributed by atoms with van der Waals surface area (Å²) in [5.74, 6) is -0.205. The highest BCUT2D eigenvalue weighted by molar-refractivity contribution is 6.30. The molecule has 0 aliphatic heterocycles. The molecule has 0 atom stereocenters. The van der Waals surface area contributed by atoms with E-state index in [1.54, 1.807) is 30.9 Å². The summed E-state index contributed by atoms with van der Waals surface area (Å²) in [6.45, 7) is 3.63. The van der Waals surface area contributed by atoms with Gasteiger partial charge in [0.2, 0.25) is 0 Å². The van der Waals surface area contributed by atoms with Gasteiger partial charge in [0.1, 0.15) is 5.15 Å². The lowest BCUT2D eigenvalue weighted by molar-refractivity contribution is 0.102. The second-order valence-corrected chi connectivity index (χ2v) is 4.45. The van der Waals surface area contributed by atoms with Crippen LogP contribution >= 0.6 is 11.6 Å². The molecule has 0 aromatic carbocycles. The molecule has 0 saturated carbocycles. The second-order valence-electron chi connectivity index (χ2n) is 4.09. The number of carbonyl (C=O) groups excluding carboxylic acids is 1. The lowest BCUT2D eigenvalue weighted by atomic mass is 10.2. The number of carbonyl (C=O) groups is 1. The first kappa shape index (κ1) is 12.6. The summed E-state index contributed by atoms with van der Waals surface area (Å²) in [5, 5.41) is 7.33. The van der Waals surface area contributed by atoms with Crippen LogP contribution in [0, 0.1) is 13.8 Å². The van der Waals surface area contributed by atoms with Gasteiger partial charge in [-0.25, -0.2) is 4.98 Å². The van der Waals surface area contributed by atoms with Crippen LogP contribution in [-0.4, -0.2) is 20.7 Å². The van der Waals surface area contributed by atoms with E-state index in [-0.39, 0.29) is 5.91 Å². The van der Waals surface area contributed by atoms with E-state index in [4.69, 9.17) is 11.6 Å². The highest BCUT2D eigenvalue weighted by Gasteiger charge is 2.13. The standard InChI is InChI=1S/C12H13ClN4O/c1-7-4-9(5-14-11(7)13)15-12(18)10-6-17(3)16-8(10)2/h4-6H,1-3H3,(H,15,18). The number of amides is 1. The predicted octanol–water partition coefficient (Wildman–Crippen LogP) is 2.34. The van der Waals surface area contributed by atoms with Gasteiger partial charge >= 0.3 is 0 Å². The number of nitrogens with zero attached hydrogens (tertiary/aromatic N) is 3. The zero-order valence-electron chi connectivity index (χ0n) is 10.4. The van der Waals surface area contributed by atoms with Crippen molar-refractivity contribution in [2.24, 2.45) is 7.05 Å². The van der Waals surface area contributed by atoms with Crippen molar-refractivity contribution < 1.29 is 4.79 Å². The van der Waals surface area contributed by atoms with Crippen molar-refractivity contribution in [2.75, 3.05) is 5.32 Å². The Morgan fingerprint density at radius 2 is 2.17 bits per heavy atom. The van der Waals surface area contributed by atoms with Crippen LogP contribution in [-0.2, 0) is 7.05 Å². The van der Waals surface area contributed by atoms with Gasteiger partial charge in [0.15, 0.2) is 0 Å². The molecule has 0 spiro atoms. The fourth-order valence-corrected chi connectivity index (χ4v) is 1.75. The number of pyridine rings is 1. The monoisotopic (exact) mass is 264 g/mol. The van der Waals surface area contributed by atoms with Crippen molar-refractivity contribution in [1.82, 2.24) is 14.8 Å². The maximum atomic E-state index is 12.0. The Hall–Kier alpha value is -1.88. The molecule has 2 aromatic rings. The van der Waals surface area contributed by atoms with Crippen LogP contribution in [0.1, 0.15) is 21.6 Å². The van der Waals surface area contributed by atoms with E-state index in [0.29, 0.717) is 22.1 Å². The SMILES string of the molecule is Cc1cc(NC(=O)c2cn(C)nc2C)cnc1Cl. The number of hydrogen-bond acceptors (Lipinski definition) is 3. The summed E-state index contributed by atoms with van der Waals surface area (Å²) < 4.78 is 1.61. The number of nitrogens with one attached hydrogen (secondary N) is 1. The van der Waals surface area contributed by atoms with E-state index >= 15 is 0 Å². The van der Waals surface area contributed by atoms with Crippen molar-refractivity contribution in [3.63, 3.8) is 0 Å². The third kappa shape index (κ3) is 2.51. The molecule has 5 nitrogen and oxygen atoms in total. The highest BCUT2D eigenvalue weighted by Crippen LogP contribution is 2.17. The Morgan fingerprint density at radius 1 is 1.44 bits per heavy atom. The summed E-state index contributed by atoms with van der Waals surface area (Å²) in [6.07, 6.45) is 3.21. The average Bonchev–Trinajstić information content (AvgIpc) is 2.63. The summed E-state index contributed by atoms with van der Waals surface area (Å²) in [5.41, 5.74) is 2.67. The molecule has 0 fully saturated rings. The lowest BCUT2D eigenvalue weighted by Gasteiger charge is -2.05. The van der Waals surface area contributed by atoms with Gasteiger partial charge in [0.05, 0.1) is 23.1 Å². The number of aromatic nitrogens is 3. The third-order valence-corrected chi connectivity index (χ3v) is 2.93. The highest BCUT2D eigenvalue weighted by atomic mass is 35.5. The molecule has 0 aliphatic rings. The number of halogens is 1. The Morgan fingerprint density at radius 3 is 2.72 bits per heavy atom. The third-order valence-electron chi connectivity index (χ3n) is 2.53. The number of rotatable bonds is 2. The van der Waals surface area contributed by atoms with Gasteiger partial charge in [-0.1, -0.05) is 11.6 Å². The molecule has 0 saturated heterocycles. The average molecular weight is 265 g/mol. The first-order valence-corrected chi connectivity index (χ1v) is 5.79. The Balaban J connectivity index is 2.21. The number of anilines is 1. The van der Waals surface area contributed by atoms with Crippen LogP contribution in [0.2, 0.25) is 5.15 Å². The zero-order chi connectivity index (χ0) is 13.3. The molecule has 0 unspecified atom stereocenters. The van der Waals surface area contributed by atoms with E-state index in [1.807, 2.05) is 6.92 Å². The summed E-state index contributed by atoms with van der Waals surface area (Å²) in [4.78, 5) is 16.0. The Labute approximate surface area is 110 Å². The fraction of sp³-hybridized carbons (Fsp3) is 0.250. The van der Waals surface area contributed by atoms with Gasteiger partial charge in [-0.3, -0.25) is 9.48 Å². The zero-order valence-corrected chi connectivity index (χ0v) is 11.1. The molecule has 0 aliphatic carbocycles. The molecule has 18 heavy (non-hydrogen) atoms. The van der Waals surface area contributed by atoms with Crippen molar-refractivity contribution in [2.45, 2.75) is 13.8 Å². The van der Waals surface area contributed by atoms with Crippen molar-refractivity contribution >= 4 is 23.2 Å². The van der Waals surface area contributed by atoms with E-state index in [9.17, 15) is 4.79 Å². The number of hydrogen-bond donors (Lipinski definition) is 1. The lowest BCUT2D eigenvalue weighted by Crippen LogP contribution is -2.12. The van der Waals surface area contributed by atoms with Crippen molar-refractivity contribution in [3.8, 4) is 0 Å². The van der Waals surface area contributed by atoms with E-state index < -0.39 is 0 Å². The number of aryl methyl sites for hydroxylation is 3. The van der Waals surface area contributed by atoms with E-state index in [2.05, 4.69) is 15.4 Å². The second kappa shape index (κ2) is 4.78. The van der Waals surface area contributed by atoms with Crippen molar-refractivity contribution in [1.29, 1.82) is 0 Å². The molecule has 94 valence electrons. The molecule has 1 amide bonds. The molecular weight excluding hydrogens is 252 g/mol. The largest absolute Gasteiger partial charge is 0.320 e. The maximum Gasteiger partial charge on any atom is 0.259 e. The first-order valence-electron chi connectivity index (χ1n) is 5.41.